The van der Waals surface area contributed by atoms with Crippen molar-refractivity contribution in [3.05, 3.63) is 346 Å². The summed E-state index contributed by atoms with van der Waals surface area (Å²) in [5.74, 6) is -3.66. The van der Waals surface area contributed by atoms with Crippen molar-refractivity contribution in [2.45, 2.75) is 195 Å². The van der Waals surface area contributed by atoms with Gasteiger partial charge in [-0.2, -0.15) is 0 Å². The van der Waals surface area contributed by atoms with Crippen molar-refractivity contribution in [2.24, 2.45) is 0 Å². The van der Waals surface area contributed by atoms with Crippen molar-refractivity contribution < 1.29 is 119 Å². The Hall–Kier alpha value is -11.4. The third kappa shape index (κ3) is 20.5. The van der Waals surface area contributed by atoms with Crippen LogP contribution in [-0.4, -0.2) is 200 Å². The number of fused-ring (bicyclic) bond motifs is 3. The Morgan fingerprint density at radius 3 is 1.25 bits per heavy atom. The molecule has 7 aliphatic heterocycles. The highest BCUT2D eigenvalue weighted by atomic mass is 16.8. The Morgan fingerprint density at radius 2 is 0.781 bits per heavy atom. The van der Waals surface area contributed by atoms with E-state index in [4.69, 9.17) is 85.3 Å². The van der Waals surface area contributed by atoms with E-state index >= 15 is 19.2 Å². The van der Waals surface area contributed by atoms with E-state index < -0.39 is 178 Å². The van der Waals surface area contributed by atoms with Crippen LogP contribution in [0.25, 0.3) is 0 Å². The van der Waals surface area contributed by atoms with E-state index in [0.29, 0.717) is 22.4 Å². The topological polar surface area (TPSA) is 295 Å². The minimum absolute atomic E-state index is 0.00216. The standard InChI is InChI=1S/C101H100N2O25/c1-62(104)47-52-80(105)125-90-83(106)85-78(60-118-97(126-85)70-41-23-10-24-42-70)124-101(90)128-86-77(59-112-53-64-29-11-4-12-30-64)122-99(82(89(86)115-56-67-35-17-7-18-36-67)103-95(109)75-45-27-28-46-76(75)96(103)110)127-87-79(61-119-100-92(117-58-69-39-21-9-22-40-69)91(116-57-68-37-19-8-20-38-68)84(63(2)120-100)113-54-65-31-13-5-14-32-65)123-98(121-72-50-48-71(111-3)49-51-72)81(88(87)114-55-66-33-15-6-16-34-66)102-93(107)73-43-25-26-44-74(73)94(102)108/h4-46,48-51,63,77-79,81-92,97-101,106H,47,52-61H2,1-3H3. The minimum atomic E-state index is -1.98. The summed E-state index contributed by atoms with van der Waals surface area (Å²) in [5.41, 5.74) is 5.27. The lowest BCUT2D eigenvalue weighted by molar-refractivity contribution is -0.390. The smallest absolute Gasteiger partial charge is 0.306 e. The van der Waals surface area contributed by atoms with E-state index in [2.05, 4.69) is 0 Å². The molecule has 5 fully saturated rings. The molecule has 0 spiro atoms. The molecule has 10 aromatic carbocycles. The number of carbonyl (C=O) groups is 6. The Kier molecular flexibility index (Phi) is 28.9. The number of ether oxygens (including phenoxy) is 18. The molecule has 27 nitrogen and oxygen atoms in total. The van der Waals surface area contributed by atoms with Crippen molar-refractivity contribution >= 4 is 35.4 Å². The Morgan fingerprint density at radius 1 is 0.383 bits per heavy atom. The zero-order valence-corrected chi connectivity index (χ0v) is 70.7. The van der Waals surface area contributed by atoms with Gasteiger partial charge in [0.1, 0.15) is 103 Å². The maximum absolute atomic E-state index is 16.2. The molecule has 0 aromatic heterocycles. The molecule has 7 heterocycles. The van der Waals surface area contributed by atoms with Gasteiger partial charge < -0.3 is 95.2 Å². The lowest BCUT2D eigenvalue weighted by Crippen LogP contribution is -2.72. The second-order valence-corrected chi connectivity index (χ2v) is 32.3. The van der Waals surface area contributed by atoms with Crippen LogP contribution in [0, 0.1) is 0 Å². The van der Waals surface area contributed by atoms with E-state index in [-0.39, 0.29) is 86.5 Å². The molecular weight excluding hydrogens is 1640 g/mol. The number of imide groups is 2. The maximum Gasteiger partial charge on any atom is 0.306 e. The number of carbonyl (C=O) groups excluding carboxylic acids is 6. The Balaban J connectivity index is 0.830. The normalized spacial score (nSPS) is 27.9. The van der Waals surface area contributed by atoms with Crippen LogP contribution in [0.5, 0.6) is 11.5 Å². The van der Waals surface area contributed by atoms with Crippen LogP contribution in [0.2, 0.25) is 0 Å². The predicted octanol–water partition coefficient (Wildman–Crippen LogP) is 13.0. The molecule has 17 rings (SSSR count). The third-order valence-corrected chi connectivity index (χ3v) is 23.7. The monoisotopic (exact) mass is 1740 g/mol. The minimum Gasteiger partial charge on any atom is -0.497 e. The van der Waals surface area contributed by atoms with E-state index in [1.807, 2.05) is 207 Å². The van der Waals surface area contributed by atoms with E-state index in [0.717, 1.165) is 32.1 Å². The predicted molar refractivity (Wildman–Crippen MR) is 458 cm³/mol. The van der Waals surface area contributed by atoms with Crippen molar-refractivity contribution in [3.63, 3.8) is 0 Å². The molecule has 5 saturated heterocycles. The fourth-order valence-corrected chi connectivity index (χ4v) is 17.2. The number of aliphatic hydroxyl groups excluding tert-OH is 1. The fourth-order valence-electron chi connectivity index (χ4n) is 17.2. The summed E-state index contributed by atoms with van der Waals surface area (Å²) in [6.45, 7) is 1.80. The molecule has 21 atom stereocenters. The SMILES string of the molecule is COc1ccc(OC2OC(COC3OC(C)C(OCc4ccccc4)C(OCc4ccccc4)C3OCc3ccccc3)C(OC3OC(COCc4ccccc4)C(OC4OC5COC(c6ccccc6)OC5C(O)C4OC(=O)CCC(C)=O)C(OCc4ccccc4)C3N3C(=O)c4ccccc4C3=O)C(OCc3ccccc3)C2N2C(=O)c3ccccc3C2=O)cc1. The molecule has 7 aliphatic rings. The molecule has 10 aromatic rings. The number of Topliss-reactive ketones (excluding diaryl/α,β-unsaturated/α-hetero) is 1. The van der Waals surface area contributed by atoms with Crippen LogP contribution >= 0.6 is 0 Å². The van der Waals surface area contributed by atoms with Crippen LogP contribution in [0.15, 0.2) is 285 Å². The first-order chi connectivity index (χ1) is 62.7. The van der Waals surface area contributed by atoms with Crippen molar-refractivity contribution in [1.29, 1.82) is 0 Å². The number of rotatable bonds is 36. The lowest BCUT2D eigenvalue weighted by atomic mass is 9.92. The van der Waals surface area contributed by atoms with Crippen molar-refractivity contribution in [3.8, 4) is 11.5 Å². The zero-order chi connectivity index (χ0) is 88.0. The van der Waals surface area contributed by atoms with Gasteiger partial charge in [-0.15, -0.1) is 0 Å². The van der Waals surface area contributed by atoms with E-state index in [1.54, 1.807) is 72.8 Å². The van der Waals surface area contributed by atoms with Gasteiger partial charge in [0.05, 0.1) is 101 Å². The van der Waals surface area contributed by atoms with Crippen molar-refractivity contribution in [2.75, 3.05) is 26.9 Å². The second kappa shape index (κ2) is 41.8. The first-order valence-electron chi connectivity index (χ1n) is 43.0. The van der Waals surface area contributed by atoms with Crippen LogP contribution in [-0.2, 0) is 125 Å². The number of aliphatic hydroxyl groups is 1. The van der Waals surface area contributed by atoms with Crippen LogP contribution in [0.1, 0.15) is 113 Å². The summed E-state index contributed by atoms with van der Waals surface area (Å²) in [6, 6.07) is 81.3. The number of benzene rings is 10. The number of methoxy groups -OCH3 is 1. The number of ketones is 1. The van der Waals surface area contributed by atoms with Gasteiger partial charge in [0.2, 0.25) is 6.29 Å². The Labute approximate surface area is 740 Å². The number of hydrogen-bond donors (Lipinski definition) is 1. The molecule has 21 unspecified atom stereocenters. The highest BCUT2D eigenvalue weighted by Gasteiger charge is 2.63. The number of esters is 1. The summed E-state index contributed by atoms with van der Waals surface area (Å²) in [7, 11) is 1.52. The summed E-state index contributed by atoms with van der Waals surface area (Å²) in [4.78, 5) is 93.0. The first kappa shape index (κ1) is 88.6. The van der Waals surface area contributed by atoms with Gasteiger partial charge in [0, 0.05) is 12.0 Å². The molecule has 664 valence electrons. The fraction of sp³-hybridized carbons (Fsp3) is 0.347. The molecule has 0 radical (unpaired) electrons. The molecule has 1 N–H and O–H groups in total. The highest BCUT2D eigenvalue weighted by Crippen LogP contribution is 2.45. The van der Waals surface area contributed by atoms with Crippen LogP contribution in [0.3, 0.4) is 0 Å². The summed E-state index contributed by atoms with van der Waals surface area (Å²) >= 11 is 0. The molecule has 0 saturated carbocycles. The third-order valence-electron chi connectivity index (χ3n) is 23.7. The number of nitrogens with zero attached hydrogens (tertiary/aromatic N) is 2. The molecule has 128 heavy (non-hydrogen) atoms. The average molecular weight is 1740 g/mol. The van der Waals surface area contributed by atoms with Crippen LogP contribution in [0.4, 0.5) is 0 Å². The zero-order valence-electron chi connectivity index (χ0n) is 70.7. The first-order valence-corrected chi connectivity index (χ1v) is 43.0. The second-order valence-electron chi connectivity index (χ2n) is 32.3. The largest absolute Gasteiger partial charge is 0.497 e. The maximum atomic E-state index is 16.2. The summed E-state index contributed by atoms with van der Waals surface area (Å²) in [6.07, 6.45) is -27.8. The van der Waals surface area contributed by atoms with Crippen LogP contribution < -0.4 is 9.47 Å². The van der Waals surface area contributed by atoms with Crippen molar-refractivity contribution in [1.82, 2.24) is 9.80 Å². The molecule has 0 aliphatic carbocycles. The van der Waals surface area contributed by atoms with Gasteiger partial charge in [-0.05, 0) is 95.8 Å². The quantitative estimate of drug-likeness (QED) is 0.0282. The molecular formula is C101H100N2O25. The molecule has 4 amide bonds. The average Bonchev–Trinajstić information content (AvgIpc) is 1.55. The van der Waals surface area contributed by atoms with Gasteiger partial charge in [0.15, 0.2) is 31.3 Å². The number of amides is 4. The lowest BCUT2D eigenvalue weighted by Gasteiger charge is -2.53. The Bertz CT molecular complexity index is 5280. The van der Waals surface area contributed by atoms with Gasteiger partial charge >= 0.3 is 5.97 Å². The van der Waals surface area contributed by atoms with E-state index in [1.165, 1.54) is 26.2 Å². The highest BCUT2D eigenvalue weighted by molar-refractivity contribution is 6.22. The van der Waals surface area contributed by atoms with Gasteiger partial charge in [0.25, 0.3) is 23.6 Å². The number of hydrogen-bond acceptors (Lipinski definition) is 25. The van der Waals surface area contributed by atoms with Gasteiger partial charge in [-0.25, -0.2) is 0 Å². The summed E-state index contributed by atoms with van der Waals surface area (Å²) < 4.78 is 127. The van der Waals surface area contributed by atoms with Gasteiger partial charge in [-0.3, -0.25) is 33.8 Å². The molecule has 0 bridgehead atoms. The summed E-state index contributed by atoms with van der Waals surface area (Å²) in [5, 5.41) is 13.0. The molecule has 27 heteroatoms. The van der Waals surface area contributed by atoms with E-state index in [9.17, 15) is 14.7 Å². The van der Waals surface area contributed by atoms with Gasteiger partial charge in [-0.1, -0.05) is 237 Å².